The average molecular weight is 218 g/mol. The van der Waals surface area contributed by atoms with E-state index >= 15 is 0 Å². The van der Waals surface area contributed by atoms with Crippen molar-refractivity contribution in [3.05, 3.63) is 0 Å². The number of nitrogens with one attached hydrogen (secondary N) is 1. The second-order valence-corrected chi connectivity index (χ2v) is 5.25. The van der Waals surface area contributed by atoms with Gasteiger partial charge in [0.2, 0.25) is 5.91 Å². The fourth-order valence-electron chi connectivity index (χ4n) is 0.932. The predicted octanol–water partition coefficient (Wildman–Crippen LogP) is -0.161. The van der Waals surface area contributed by atoms with Crippen molar-refractivity contribution in [1.29, 1.82) is 5.26 Å². The normalized spacial score (nSPS) is 12.9. The number of carbonyl (C=O) groups is 1. The molecule has 0 spiro atoms. The highest BCUT2D eigenvalue weighted by Gasteiger charge is 2.14. The van der Waals surface area contributed by atoms with Crippen LogP contribution in [0.5, 0.6) is 0 Å². The lowest BCUT2D eigenvalue weighted by atomic mass is 10.2. The summed E-state index contributed by atoms with van der Waals surface area (Å²) < 4.78 is 21.5. The minimum absolute atomic E-state index is 0.534. The van der Waals surface area contributed by atoms with Crippen LogP contribution in [0.4, 0.5) is 0 Å². The van der Waals surface area contributed by atoms with Gasteiger partial charge in [-0.05, 0) is 6.42 Å². The summed E-state index contributed by atoms with van der Waals surface area (Å²) in [6, 6.07) is 1.30. The lowest BCUT2D eigenvalue weighted by Crippen LogP contribution is -2.37. The quantitative estimate of drug-likeness (QED) is 0.694. The molecule has 0 aromatic rings. The molecule has 1 unspecified atom stereocenters. The Bertz CT molecular complexity index is 329. The molecular weight excluding hydrogens is 204 g/mol. The monoisotopic (exact) mass is 218 g/mol. The Morgan fingerprint density at radius 2 is 2.14 bits per heavy atom. The standard InChI is InChI=1S/C8H14N2O3S/c1-3-4-7(5-9)10-8(11)6-14(2,12)13/h7H,3-4,6H2,1-2H3,(H,10,11). The third-order valence-corrected chi connectivity index (χ3v) is 2.25. The largest absolute Gasteiger partial charge is 0.339 e. The van der Waals surface area contributed by atoms with Crippen LogP contribution in [0.1, 0.15) is 19.8 Å². The summed E-state index contributed by atoms with van der Waals surface area (Å²) in [5, 5.41) is 10.9. The van der Waals surface area contributed by atoms with Crippen LogP contribution in [-0.2, 0) is 14.6 Å². The van der Waals surface area contributed by atoms with Crippen molar-refractivity contribution in [1.82, 2.24) is 5.32 Å². The van der Waals surface area contributed by atoms with Crippen molar-refractivity contribution in [2.75, 3.05) is 12.0 Å². The molecule has 0 aliphatic rings. The van der Waals surface area contributed by atoms with E-state index in [1.54, 1.807) is 0 Å². The van der Waals surface area contributed by atoms with Gasteiger partial charge in [-0.15, -0.1) is 0 Å². The first-order valence-corrected chi connectivity index (χ1v) is 6.31. The van der Waals surface area contributed by atoms with E-state index in [9.17, 15) is 13.2 Å². The lowest BCUT2D eigenvalue weighted by molar-refractivity contribution is -0.119. The molecule has 0 aromatic carbocycles. The van der Waals surface area contributed by atoms with E-state index in [0.29, 0.717) is 6.42 Å². The Morgan fingerprint density at radius 1 is 1.57 bits per heavy atom. The zero-order chi connectivity index (χ0) is 11.2. The van der Waals surface area contributed by atoms with Crippen molar-refractivity contribution in [3.63, 3.8) is 0 Å². The van der Waals surface area contributed by atoms with Crippen LogP contribution in [0.3, 0.4) is 0 Å². The minimum Gasteiger partial charge on any atom is -0.339 e. The third-order valence-electron chi connectivity index (χ3n) is 1.46. The van der Waals surface area contributed by atoms with Crippen LogP contribution in [0.25, 0.3) is 0 Å². The number of rotatable bonds is 5. The molecule has 1 atom stereocenters. The maximum Gasteiger partial charge on any atom is 0.236 e. The highest BCUT2D eigenvalue weighted by molar-refractivity contribution is 7.91. The molecule has 0 saturated carbocycles. The molecule has 0 aliphatic heterocycles. The molecule has 6 heteroatoms. The fourth-order valence-corrected chi connectivity index (χ4v) is 1.49. The summed E-state index contributed by atoms with van der Waals surface area (Å²) >= 11 is 0. The summed E-state index contributed by atoms with van der Waals surface area (Å²) in [5.41, 5.74) is 0. The van der Waals surface area contributed by atoms with Crippen LogP contribution >= 0.6 is 0 Å². The molecule has 0 radical (unpaired) electrons. The van der Waals surface area contributed by atoms with Gasteiger partial charge in [-0.1, -0.05) is 13.3 Å². The Kier molecular flexibility index (Phi) is 5.16. The van der Waals surface area contributed by atoms with Gasteiger partial charge >= 0.3 is 0 Å². The van der Waals surface area contributed by atoms with E-state index in [0.717, 1.165) is 12.7 Å². The molecule has 0 fully saturated rings. The first kappa shape index (κ1) is 12.9. The molecule has 0 saturated heterocycles. The van der Waals surface area contributed by atoms with Gasteiger partial charge in [0.05, 0.1) is 6.07 Å². The first-order valence-electron chi connectivity index (χ1n) is 4.25. The van der Waals surface area contributed by atoms with Gasteiger partial charge < -0.3 is 5.32 Å². The van der Waals surface area contributed by atoms with Gasteiger partial charge in [0, 0.05) is 6.26 Å². The maximum absolute atomic E-state index is 11.1. The Labute approximate surface area is 84.0 Å². The van der Waals surface area contributed by atoms with E-state index in [4.69, 9.17) is 5.26 Å². The third kappa shape index (κ3) is 6.43. The molecule has 0 bridgehead atoms. The first-order chi connectivity index (χ1) is 6.39. The van der Waals surface area contributed by atoms with Crippen LogP contribution in [0, 0.1) is 11.3 Å². The van der Waals surface area contributed by atoms with Crippen LogP contribution in [-0.4, -0.2) is 32.4 Å². The molecule has 0 aliphatic carbocycles. The van der Waals surface area contributed by atoms with Crippen LogP contribution in [0.15, 0.2) is 0 Å². The van der Waals surface area contributed by atoms with E-state index in [2.05, 4.69) is 5.32 Å². The van der Waals surface area contributed by atoms with Gasteiger partial charge in [0.15, 0.2) is 9.84 Å². The second kappa shape index (κ2) is 5.60. The summed E-state index contributed by atoms with van der Waals surface area (Å²) in [5.74, 6) is -1.18. The van der Waals surface area contributed by atoms with Crippen molar-refractivity contribution >= 4 is 15.7 Å². The Hall–Kier alpha value is -1.09. The average Bonchev–Trinajstić information content (AvgIpc) is 2.00. The van der Waals surface area contributed by atoms with Gasteiger partial charge in [0.1, 0.15) is 11.8 Å². The second-order valence-electron chi connectivity index (χ2n) is 3.11. The van der Waals surface area contributed by atoms with Gasteiger partial charge in [-0.25, -0.2) is 8.42 Å². The van der Waals surface area contributed by atoms with Crippen LogP contribution < -0.4 is 5.32 Å². The summed E-state index contributed by atoms with van der Waals surface area (Å²) in [7, 11) is -3.31. The lowest BCUT2D eigenvalue weighted by Gasteiger charge is -2.09. The van der Waals surface area contributed by atoms with Gasteiger partial charge in [0.25, 0.3) is 0 Å². The number of nitrogens with zero attached hydrogens (tertiary/aromatic N) is 1. The Morgan fingerprint density at radius 3 is 2.50 bits per heavy atom. The summed E-state index contributed by atoms with van der Waals surface area (Å²) in [6.07, 6.45) is 2.27. The number of hydrogen-bond donors (Lipinski definition) is 1. The molecule has 0 aromatic heterocycles. The molecule has 5 nitrogen and oxygen atoms in total. The predicted molar refractivity (Wildman–Crippen MR) is 52.2 cm³/mol. The smallest absolute Gasteiger partial charge is 0.236 e. The number of nitriles is 1. The molecule has 0 rings (SSSR count). The van der Waals surface area contributed by atoms with Crippen molar-refractivity contribution in [2.24, 2.45) is 0 Å². The zero-order valence-electron chi connectivity index (χ0n) is 8.28. The van der Waals surface area contributed by atoms with Crippen molar-refractivity contribution in [3.8, 4) is 6.07 Å². The zero-order valence-corrected chi connectivity index (χ0v) is 9.10. The molecule has 14 heavy (non-hydrogen) atoms. The molecule has 80 valence electrons. The Balaban J connectivity index is 4.12. The molecular formula is C8H14N2O3S. The number of amides is 1. The molecule has 0 heterocycles. The van der Waals surface area contributed by atoms with E-state index in [1.165, 1.54) is 0 Å². The van der Waals surface area contributed by atoms with Crippen molar-refractivity contribution in [2.45, 2.75) is 25.8 Å². The topological polar surface area (TPSA) is 87.0 Å². The highest BCUT2D eigenvalue weighted by Crippen LogP contribution is 1.95. The van der Waals surface area contributed by atoms with E-state index in [1.807, 2.05) is 13.0 Å². The maximum atomic E-state index is 11.1. The van der Waals surface area contributed by atoms with E-state index < -0.39 is 27.5 Å². The highest BCUT2D eigenvalue weighted by atomic mass is 32.2. The SMILES string of the molecule is CCCC(C#N)NC(=O)CS(C)(=O)=O. The number of sulfone groups is 1. The summed E-state index contributed by atoms with van der Waals surface area (Å²) in [4.78, 5) is 11.1. The number of hydrogen-bond acceptors (Lipinski definition) is 4. The fraction of sp³-hybridized carbons (Fsp3) is 0.750. The van der Waals surface area contributed by atoms with E-state index in [-0.39, 0.29) is 0 Å². The van der Waals surface area contributed by atoms with Crippen molar-refractivity contribution < 1.29 is 13.2 Å². The van der Waals surface area contributed by atoms with Gasteiger partial charge in [-0.2, -0.15) is 5.26 Å². The summed E-state index contributed by atoms with van der Waals surface area (Å²) in [6.45, 7) is 1.88. The number of carbonyl (C=O) groups excluding carboxylic acids is 1. The minimum atomic E-state index is -3.31. The van der Waals surface area contributed by atoms with Crippen LogP contribution in [0.2, 0.25) is 0 Å². The van der Waals surface area contributed by atoms with Gasteiger partial charge in [-0.3, -0.25) is 4.79 Å². The molecule has 1 amide bonds. The molecule has 1 N–H and O–H groups in total.